The van der Waals surface area contributed by atoms with Crippen LogP contribution in [0.25, 0.3) is 10.2 Å². The van der Waals surface area contributed by atoms with Crippen molar-refractivity contribution in [1.82, 2.24) is 9.88 Å². The van der Waals surface area contributed by atoms with Crippen LogP contribution in [0, 0.1) is 0 Å². The van der Waals surface area contributed by atoms with Crippen molar-refractivity contribution in [2.75, 3.05) is 26.2 Å². The summed E-state index contributed by atoms with van der Waals surface area (Å²) in [6.45, 7) is 5.00. The molecule has 22 heavy (non-hydrogen) atoms. The summed E-state index contributed by atoms with van der Waals surface area (Å²) in [6, 6.07) is 5.79. The van der Waals surface area contributed by atoms with E-state index in [1.54, 1.807) is 11.3 Å². The van der Waals surface area contributed by atoms with Crippen LogP contribution in [-0.2, 0) is 11.2 Å². The highest BCUT2D eigenvalue weighted by molar-refractivity contribution is 7.18. The van der Waals surface area contributed by atoms with Crippen LogP contribution in [0.2, 0.25) is 5.02 Å². The van der Waals surface area contributed by atoms with E-state index in [9.17, 15) is 0 Å². The molecule has 2 N–H and O–H groups in total. The van der Waals surface area contributed by atoms with Gasteiger partial charge in [0.25, 0.3) is 0 Å². The lowest BCUT2D eigenvalue weighted by atomic mass is 10.3. The van der Waals surface area contributed by atoms with E-state index in [1.165, 1.54) is 0 Å². The topological polar surface area (TPSA) is 63.7 Å². The minimum Gasteiger partial charge on any atom is -0.375 e. The van der Waals surface area contributed by atoms with Gasteiger partial charge in [0.15, 0.2) is 5.96 Å². The van der Waals surface area contributed by atoms with Gasteiger partial charge in [-0.2, -0.15) is 0 Å². The zero-order valence-electron chi connectivity index (χ0n) is 12.5. The molecule has 0 aliphatic carbocycles. The minimum absolute atomic E-state index is 0.205. The lowest BCUT2D eigenvalue weighted by Gasteiger charge is -2.31. The van der Waals surface area contributed by atoms with E-state index < -0.39 is 0 Å². The van der Waals surface area contributed by atoms with Crippen LogP contribution in [0.15, 0.2) is 23.2 Å². The number of guanidine groups is 1. The maximum Gasteiger partial charge on any atom is 0.191 e. The Morgan fingerprint density at radius 3 is 3.27 bits per heavy atom. The van der Waals surface area contributed by atoms with Gasteiger partial charge in [0, 0.05) is 31.1 Å². The first-order valence-electron chi connectivity index (χ1n) is 7.33. The maximum absolute atomic E-state index is 6.06. The van der Waals surface area contributed by atoms with Crippen molar-refractivity contribution in [3.63, 3.8) is 0 Å². The number of nitrogens with zero attached hydrogens (tertiary/aromatic N) is 3. The number of halogens is 1. The number of aromatic nitrogens is 1. The van der Waals surface area contributed by atoms with Gasteiger partial charge in [0.1, 0.15) is 0 Å². The molecule has 0 bridgehead atoms. The van der Waals surface area contributed by atoms with Gasteiger partial charge in [0.2, 0.25) is 0 Å². The number of morpholine rings is 1. The Kier molecular flexibility index (Phi) is 4.81. The lowest BCUT2D eigenvalue weighted by molar-refractivity contribution is 0.00530. The standard InChI is InChI=1S/C15H19ClN4OS/c1-10-9-20(6-7-21-10)15(17)18-5-4-14-19-12-8-11(16)2-3-13(12)22-14/h2-3,8,10H,4-7,9H2,1H3,(H2,17,18). The number of aliphatic imine (C=N–C) groups is 1. The summed E-state index contributed by atoms with van der Waals surface area (Å²) in [7, 11) is 0. The van der Waals surface area contributed by atoms with E-state index in [4.69, 9.17) is 22.1 Å². The highest BCUT2D eigenvalue weighted by Gasteiger charge is 2.17. The number of nitrogens with two attached hydrogens (primary N) is 1. The summed E-state index contributed by atoms with van der Waals surface area (Å²) >= 11 is 7.66. The largest absolute Gasteiger partial charge is 0.375 e. The first-order valence-corrected chi connectivity index (χ1v) is 8.53. The molecule has 1 aromatic heterocycles. The Morgan fingerprint density at radius 2 is 2.45 bits per heavy atom. The molecule has 2 aromatic rings. The molecule has 2 heterocycles. The van der Waals surface area contributed by atoms with Crippen LogP contribution in [0.1, 0.15) is 11.9 Å². The predicted octanol–water partition coefficient (Wildman–Crippen LogP) is 2.53. The predicted molar refractivity (Wildman–Crippen MR) is 91.8 cm³/mol. The van der Waals surface area contributed by atoms with Crippen molar-refractivity contribution < 1.29 is 4.74 Å². The summed E-state index contributed by atoms with van der Waals surface area (Å²) in [5.74, 6) is 0.597. The summed E-state index contributed by atoms with van der Waals surface area (Å²) in [4.78, 5) is 11.1. The molecule has 1 aromatic carbocycles. The molecule has 1 atom stereocenters. The van der Waals surface area contributed by atoms with Crippen LogP contribution in [0.5, 0.6) is 0 Å². The molecule has 7 heteroatoms. The molecule has 1 aliphatic heterocycles. The number of hydrogen-bond donors (Lipinski definition) is 1. The number of benzene rings is 1. The number of hydrogen-bond acceptors (Lipinski definition) is 4. The van der Waals surface area contributed by atoms with Crippen LogP contribution < -0.4 is 5.73 Å². The molecule has 1 fully saturated rings. The summed E-state index contributed by atoms with van der Waals surface area (Å²) < 4.78 is 6.66. The fourth-order valence-electron chi connectivity index (χ4n) is 2.45. The molecule has 1 unspecified atom stereocenters. The van der Waals surface area contributed by atoms with E-state index >= 15 is 0 Å². The van der Waals surface area contributed by atoms with Crippen LogP contribution >= 0.6 is 22.9 Å². The smallest absolute Gasteiger partial charge is 0.191 e. The second-order valence-corrected chi connectivity index (χ2v) is 6.89. The van der Waals surface area contributed by atoms with Gasteiger partial charge >= 0.3 is 0 Å². The van der Waals surface area contributed by atoms with Crippen molar-refractivity contribution >= 4 is 39.1 Å². The summed E-state index contributed by atoms with van der Waals surface area (Å²) in [5.41, 5.74) is 7.01. The Hall–Kier alpha value is -1.37. The lowest BCUT2D eigenvalue weighted by Crippen LogP contribution is -2.47. The fraction of sp³-hybridized carbons (Fsp3) is 0.467. The van der Waals surface area contributed by atoms with Gasteiger partial charge < -0.3 is 15.4 Å². The Bertz CT molecular complexity index is 687. The van der Waals surface area contributed by atoms with Gasteiger partial charge in [-0.3, -0.25) is 4.99 Å². The number of fused-ring (bicyclic) bond motifs is 1. The van der Waals surface area contributed by atoms with E-state index in [0.717, 1.165) is 34.7 Å². The SMILES string of the molecule is CC1CN(C(N)=NCCc2nc3cc(Cl)ccc3s2)CCO1. The molecule has 5 nitrogen and oxygen atoms in total. The Morgan fingerprint density at radius 1 is 1.59 bits per heavy atom. The quantitative estimate of drug-likeness (QED) is 0.690. The number of ether oxygens (including phenoxy) is 1. The molecule has 1 saturated heterocycles. The molecule has 3 rings (SSSR count). The molecule has 1 aliphatic rings. The monoisotopic (exact) mass is 338 g/mol. The van der Waals surface area contributed by atoms with Crippen molar-refractivity contribution in [2.45, 2.75) is 19.4 Å². The van der Waals surface area contributed by atoms with Crippen LogP contribution in [-0.4, -0.2) is 48.2 Å². The van der Waals surface area contributed by atoms with Crippen LogP contribution in [0.4, 0.5) is 0 Å². The van der Waals surface area contributed by atoms with E-state index in [0.29, 0.717) is 24.1 Å². The van der Waals surface area contributed by atoms with Crippen molar-refractivity contribution in [1.29, 1.82) is 0 Å². The van der Waals surface area contributed by atoms with Gasteiger partial charge in [-0.15, -0.1) is 11.3 Å². The number of rotatable bonds is 3. The zero-order valence-corrected chi connectivity index (χ0v) is 14.0. The molecule has 0 radical (unpaired) electrons. The van der Waals surface area contributed by atoms with E-state index in [2.05, 4.69) is 14.9 Å². The minimum atomic E-state index is 0.205. The fourth-order valence-corrected chi connectivity index (χ4v) is 3.55. The van der Waals surface area contributed by atoms with Gasteiger partial charge in [-0.25, -0.2) is 4.98 Å². The number of thiazole rings is 1. The average molecular weight is 339 g/mol. The Labute approximate surface area is 138 Å². The maximum atomic E-state index is 6.06. The highest BCUT2D eigenvalue weighted by atomic mass is 35.5. The molecule has 118 valence electrons. The molecular formula is C15H19ClN4OS. The average Bonchev–Trinajstić information content (AvgIpc) is 2.89. The third-order valence-corrected chi connectivity index (χ3v) is 4.89. The first-order chi connectivity index (χ1) is 10.6. The van der Waals surface area contributed by atoms with E-state index in [-0.39, 0.29) is 6.10 Å². The second kappa shape index (κ2) is 6.81. The van der Waals surface area contributed by atoms with Crippen LogP contribution in [0.3, 0.4) is 0 Å². The third kappa shape index (κ3) is 3.69. The summed E-state index contributed by atoms with van der Waals surface area (Å²) in [5, 5.41) is 1.78. The summed E-state index contributed by atoms with van der Waals surface area (Å²) in [6.07, 6.45) is 0.994. The Balaban J connectivity index is 1.60. The van der Waals surface area contributed by atoms with Crippen molar-refractivity contribution in [3.05, 3.63) is 28.2 Å². The first kappa shape index (κ1) is 15.5. The molecule has 0 amide bonds. The molecular weight excluding hydrogens is 320 g/mol. The van der Waals surface area contributed by atoms with Gasteiger partial charge in [-0.1, -0.05) is 11.6 Å². The van der Waals surface area contributed by atoms with Gasteiger partial charge in [0.05, 0.1) is 27.9 Å². The second-order valence-electron chi connectivity index (χ2n) is 5.34. The molecule has 0 spiro atoms. The van der Waals surface area contributed by atoms with E-state index in [1.807, 2.05) is 25.1 Å². The van der Waals surface area contributed by atoms with Crippen molar-refractivity contribution in [3.8, 4) is 0 Å². The highest BCUT2D eigenvalue weighted by Crippen LogP contribution is 2.25. The molecule has 0 saturated carbocycles. The third-order valence-electron chi connectivity index (χ3n) is 3.56. The normalized spacial score (nSPS) is 19.8. The zero-order chi connectivity index (χ0) is 15.5. The van der Waals surface area contributed by atoms with Crippen molar-refractivity contribution in [2.24, 2.45) is 10.7 Å². The van der Waals surface area contributed by atoms with Gasteiger partial charge in [-0.05, 0) is 25.1 Å².